The summed E-state index contributed by atoms with van der Waals surface area (Å²) in [4.78, 5) is 4.47. The Bertz CT molecular complexity index is 444. The van der Waals surface area contributed by atoms with E-state index in [1.165, 1.54) is 16.7 Å². The van der Waals surface area contributed by atoms with Crippen LogP contribution in [0.2, 0.25) is 0 Å². The van der Waals surface area contributed by atoms with E-state index in [0.717, 1.165) is 17.7 Å². The molecule has 1 heterocycles. The average Bonchev–Trinajstić information content (AvgIpc) is 2.33. The Morgan fingerprint density at radius 2 is 2.18 bits per heavy atom. The van der Waals surface area contributed by atoms with Crippen LogP contribution in [0.5, 0.6) is 0 Å². The molecule has 0 aliphatic heterocycles. The quantitative estimate of drug-likeness (QED) is 0.696. The minimum absolute atomic E-state index is 0.539. The molecular formula is C15H20ClN. The van der Waals surface area contributed by atoms with Crippen LogP contribution in [0.25, 0.3) is 11.1 Å². The Kier molecular flexibility index (Phi) is 5.43. The minimum atomic E-state index is 0.539. The van der Waals surface area contributed by atoms with E-state index in [4.69, 9.17) is 11.6 Å². The highest BCUT2D eigenvalue weighted by molar-refractivity contribution is 6.23. The zero-order valence-corrected chi connectivity index (χ0v) is 11.8. The number of nitrogens with zero attached hydrogens (tertiary/aromatic N) is 1. The molecule has 0 unspecified atom stereocenters. The van der Waals surface area contributed by atoms with Crippen molar-refractivity contribution in [2.24, 2.45) is 0 Å². The Balaban J connectivity index is 3.24. The molecule has 17 heavy (non-hydrogen) atoms. The Morgan fingerprint density at radius 3 is 2.71 bits per heavy atom. The van der Waals surface area contributed by atoms with E-state index in [0.29, 0.717) is 5.88 Å². The lowest BCUT2D eigenvalue weighted by Crippen LogP contribution is -1.95. The second kappa shape index (κ2) is 6.61. The topological polar surface area (TPSA) is 12.9 Å². The van der Waals surface area contributed by atoms with E-state index < -0.39 is 0 Å². The molecule has 1 rings (SSSR count). The molecule has 0 N–H and O–H groups in total. The third kappa shape index (κ3) is 3.44. The fourth-order valence-corrected chi connectivity index (χ4v) is 2.10. The number of alkyl halides is 1. The lowest BCUT2D eigenvalue weighted by Gasteiger charge is -2.10. The van der Waals surface area contributed by atoms with Gasteiger partial charge in [-0.25, -0.2) is 0 Å². The third-order valence-electron chi connectivity index (χ3n) is 2.86. The molecule has 0 aliphatic rings. The largest absolute Gasteiger partial charge is 0.256 e. The van der Waals surface area contributed by atoms with E-state index in [1.54, 1.807) is 0 Å². The van der Waals surface area contributed by atoms with Crippen molar-refractivity contribution in [1.29, 1.82) is 0 Å². The van der Waals surface area contributed by atoms with Crippen molar-refractivity contribution in [2.45, 2.75) is 34.1 Å². The maximum Gasteiger partial charge on any atom is 0.0661 e. The summed E-state index contributed by atoms with van der Waals surface area (Å²) in [5.74, 6) is 0.539. The second-order valence-electron chi connectivity index (χ2n) is 4.13. The minimum Gasteiger partial charge on any atom is -0.256 e. The van der Waals surface area contributed by atoms with E-state index in [-0.39, 0.29) is 0 Å². The number of aromatic nitrogens is 1. The van der Waals surface area contributed by atoms with Gasteiger partial charge in [0.1, 0.15) is 0 Å². The van der Waals surface area contributed by atoms with Gasteiger partial charge in [-0.1, -0.05) is 19.1 Å². The van der Waals surface area contributed by atoms with Gasteiger partial charge in [-0.05, 0) is 55.5 Å². The van der Waals surface area contributed by atoms with Gasteiger partial charge in [0.05, 0.1) is 5.69 Å². The normalized spacial score (nSPS) is 13.0. The Hall–Kier alpha value is -1.08. The Morgan fingerprint density at radius 1 is 1.47 bits per heavy atom. The molecule has 0 saturated carbocycles. The monoisotopic (exact) mass is 249 g/mol. The highest BCUT2D eigenvalue weighted by Gasteiger charge is 2.06. The summed E-state index contributed by atoms with van der Waals surface area (Å²) >= 11 is 5.96. The van der Waals surface area contributed by atoms with Crippen LogP contribution < -0.4 is 0 Å². The van der Waals surface area contributed by atoms with Gasteiger partial charge < -0.3 is 0 Å². The van der Waals surface area contributed by atoms with Crippen LogP contribution in [-0.4, -0.2) is 10.9 Å². The van der Waals surface area contributed by atoms with Crippen LogP contribution in [-0.2, 0) is 0 Å². The number of hydrogen-bond donors (Lipinski definition) is 0. The van der Waals surface area contributed by atoms with Crippen molar-refractivity contribution in [3.63, 3.8) is 0 Å². The van der Waals surface area contributed by atoms with Crippen LogP contribution >= 0.6 is 11.6 Å². The summed E-state index contributed by atoms with van der Waals surface area (Å²) in [6.45, 7) is 8.32. The highest BCUT2D eigenvalue weighted by Crippen LogP contribution is 2.23. The molecule has 0 spiro atoms. The fraction of sp³-hybridized carbons (Fsp3) is 0.400. The lowest BCUT2D eigenvalue weighted by molar-refractivity contribution is 1.18. The summed E-state index contributed by atoms with van der Waals surface area (Å²) < 4.78 is 0. The SMILES string of the molecule is C/C=C(/CCl)c1cc(C(C)=CCC)ncc1C. The molecule has 0 fully saturated rings. The van der Waals surface area contributed by atoms with E-state index in [9.17, 15) is 0 Å². The molecule has 2 heteroatoms. The van der Waals surface area contributed by atoms with Crippen molar-refractivity contribution >= 4 is 22.7 Å². The molecular weight excluding hydrogens is 230 g/mol. The van der Waals surface area contributed by atoms with Crippen LogP contribution in [0.4, 0.5) is 0 Å². The van der Waals surface area contributed by atoms with Crippen LogP contribution in [0.15, 0.2) is 24.4 Å². The summed E-state index contributed by atoms with van der Waals surface area (Å²) in [6, 6.07) is 2.13. The van der Waals surface area contributed by atoms with Gasteiger partial charge in [0.25, 0.3) is 0 Å². The van der Waals surface area contributed by atoms with Gasteiger partial charge in [0, 0.05) is 12.1 Å². The van der Waals surface area contributed by atoms with Crippen LogP contribution in [0.3, 0.4) is 0 Å². The first-order valence-corrected chi connectivity index (χ1v) is 6.52. The summed E-state index contributed by atoms with van der Waals surface area (Å²) in [5.41, 5.74) is 5.80. The predicted molar refractivity (Wildman–Crippen MR) is 77.3 cm³/mol. The van der Waals surface area contributed by atoms with Gasteiger partial charge in [0.15, 0.2) is 0 Å². The highest BCUT2D eigenvalue weighted by atomic mass is 35.5. The number of aryl methyl sites for hydroxylation is 1. The number of halogens is 1. The molecule has 0 amide bonds. The number of allylic oxidation sites excluding steroid dienone is 4. The molecule has 1 aromatic heterocycles. The van der Waals surface area contributed by atoms with Crippen LogP contribution in [0, 0.1) is 6.92 Å². The maximum absolute atomic E-state index is 5.96. The van der Waals surface area contributed by atoms with Crippen molar-refractivity contribution in [3.8, 4) is 0 Å². The molecule has 0 aromatic carbocycles. The summed E-state index contributed by atoms with van der Waals surface area (Å²) in [6.07, 6.45) is 7.21. The standard InChI is InChI=1S/C15H20ClN/c1-5-7-11(3)15-8-14(12(4)10-17-15)13(6-2)9-16/h6-8,10H,5,9H2,1-4H3/b11-7?,13-6-. The van der Waals surface area contributed by atoms with Gasteiger partial charge in [-0.3, -0.25) is 4.98 Å². The molecule has 0 bridgehead atoms. The predicted octanol–water partition coefficient (Wildman–Crippen LogP) is 4.85. The summed E-state index contributed by atoms with van der Waals surface area (Å²) in [7, 11) is 0. The van der Waals surface area contributed by atoms with Gasteiger partial charge in [0.2, 0.25) is 0 Å². The molecule has 1 nitrogen and oxygen atoms in total. The molecule has 92 valence electrons. The molecule has 1 aromatic rings. The first kappa shape index (κ1) is 14.0. The second-order valence-corrected chi connectivity index (χ2v) is 4.39. The van der Waals surface area contributed by atoms with E-state index in [1.807, 2.05) is 13.1 Å². The first-order valence-electron chi connectivity index (χ1n) is 5.99. The number of hydrogen-bond acceptors (Lipinski definition) is 1. The molecule has 0 aliphatic carbocycles. The zero-order chi connectivity index (χ0) is 12.8. The first-order chi connectivity index (χ1) is 8.13. The smallest absolute Gasteiger partial charge is 0.0661 e. The summed E-state index contributed by atoms with van der Waals surface area (Å²) in [5, 5.41) is 0. The van der Waals surface area contributed by atoms with Crippen molar-refractivity contribution < 1.29 is 0 Å². The van der Waals surface area contributed by atoms with Gasteiger partial charge in [-0.2, -0.15) is 0 Å². The average molecular weight is 250 g/mol. The molecule has 0 radical (unpaired) electrons. The number of rotatable bonds is 4. The van der Waals surface area contributed by atoms with E-state index in [2.05, 4.69) is 44.0 Å². The van der Waals surface area contributed by atoms with Crippen LogP contribution in [0.1, 0.15) is 44.0 Å². The molecule has 0 atom stereocenters. The van der Waals surface area contributed by atoms with Gasteiger partial charge in [-0.15, -0.1) is 11.6 Å². The van der Waals surface area contributed by atoms with Gasteiger partial charge >= 0.3 is 0 Å². The van der Waals surface area contributed by atoms with Crippen molar-refractivity contribution in [3.05, 3.63) is 41.2 Å². The fourth-order valence-electron chi connectivity index (χ4n) is 1.80. The Labute approximate surface area is 109 Å². The van der Waals surface area contributed by atoms with Crippen molar-refractivity contribution in [1.82, 2.24) is 4.98 Å². The van der Waals surface area contributed by atoms with E-state index >= 15 is 0 Å². The maximum atomic E-state index is 5.96. The number of pyridine rings is 1. The van der Waals surface area contributed by atoms with Crippen molar-refractivity contribution in [2.75, 3.05) is 5.88 Å². The zero-order valence-electron chi connectivity index (χ0n) is 11.0. The lowest BCUT2D eigenvalue weighted by atomic mass is 10.0. The molecule has 0 saturated heterocycles. The third-order valence-corrected chi connectivity index (χ3v) is 3.14.